The van der Waals surface area contributed by atoms with Crippen molar-refractivity contribution in [3.05, 3.63) is 77.4 Å². The fourth-order valence-corrected chi connectivity index (χ4v) is 3.04. The van der Waals surface area contributed by atoms with E-state index in [1.165, 1.54) is 5.56 Å². The molecule has 124 valence electrons. The number of alkyl carbamates (subject to hydrolysis) is 1. The lowest BCUT2D eigenvalue weighted by atomic mass is 9.81. The summed E-state index contributed by atoms with van der Waals surface area (Å²) in [5.41, 5.74) is 2.89. The van der Waals surface area contributed by atoms with Crippen molar-refractivity contribution < 1.29 is 9.53 Å². The van der Waals surface area contributed by atoms with E-state index in [0.717, 1.165) is 11.1 Å². The molecule has 3 rings (SSSR count). The average Bonchev–Trinajstić information content (AvgIpc) is 2.54. The van der Waals surface area contributed by atoms with Crippen LogP contribution in [-0.2, 0) is 4.74 Å². The van der Waals surface area contributed by atoms with Crippen LogP contribution < -0.4 is 5.32 Å². The highest BCUT2D eigenvalue weighted by Crippen LogP contribution is 2.38. The Labute approximate surface area is 143 Å². The normalized spacial score (nSPS) is 19.5. The van der Waals surface area contributed by atoms with Crippen molar-refractivity contribution in [3.8, 4) is 0 Å². The van der Waals surface area contributed by atoms with Crippen LogP contribution in [0.2, 0.25) is 0 Å². The van der Waals surface area contributed by atoms with Crippen molar-refractivity contribution in [3.63, 3.8) is 0 Å². The first-order valence-electron chi connectivity index (χ1n) is 8.26. The highest BCUT2D eigenvalue weighted by Gasteiger charge is 2.30. The van der Waals surface area contributed by atoms with Crippen molar-refractivity contribution >= 4 is 12.2 Å². The second kappa shape index (κ2) is 6.52. The van der Waals surface area contributed by atoms with Crippen LogP contribution in [0.3, 0.4) is 0 Å². The van der Waals surface area contributed by atoms with Gasteiger partial charge in [-0.1, -0.05) is 66.7 Å². The Kier molecular flexibility index (Phi) is 4.43. The molecule has 1 amide bonds. The van der Waals surface area contributed by atoms with Crippen molar-refractivity contribution in [1.82, 2.24) is 5.32 Å². The van der Waals surface area contributed by atoms with Gasteiger partial charge in [-0.2, -0.15) is 0 Å². The largest absolute Gasteiger partial charge is 0.444 e. The number of carbonyl (C=O) groups is 1. The molecule has 1 aliphatic carbocycles. The van der Waals surface area contributed by atoms with Gasteiger partial charge in [0, 0.05) is 5.92 Å². The summed E-state index contributed by atoms with van der Waals surface area (Å²) in [6.07, 6.45) is 3.89. The Balaban J connectivity index is 1.93. The summed E-state index contributed by atoms with van der Waals surface area (Å²) in [6.45, 7) is 5.61. The molecule has 0 spiro atoms. The van der Waals surface area contributed by atoms with E-state index in [9.17, 15) is 4.79 Å². The lowest BCUT2D eigenvalue weighted by Gasteiger charge is -2.32. The molecule has 0 saturated carbocycles. The highest BCUT2D eigenvalue weighted by atomic mass is 16.6. The van der Waals surface area contributed by atoms with E-state index in [1.807, 2.05) is 51.1 Å². The van der Waals surface area contributed by atoms with E-state index in [0.29, 0.717) is 0 Å². The van der Waals surface area contributed by atoms with Crippen LogP contribution in [0.1, 0.15) is 49.4 Å². The van der Waals surface area contributed by atoms with Gasteiger partial charge in [0.2, 0.25) is 0 Å². The second-order valence-corrected chi connectivity index (χ2v) is 7.05. The molecule has 2 aromatic carbocycles. The molecular formula is C21H23NO2. The maximum absolute atomic E-state index is 12.4. The van der Waals surface area contributed by atoms with E-state index in [1.54, 1.807) is 0 Å². The number of carbonyl (C=O) groups excluding carboxylic acids is 1. The zero-order valence-electron chi connectivity index (χ0n) is 14.3. The van der Waals surface area contributed by atoms with Crippen LogP contribution in [0.5, 0.6) is 0 Å². The Morgan fingerprint density at radius 1 is 1.00 bits per heavy atom. The van der Waals surface area contributed by atoms with E-state index in [2.05, 4.69) is 41.7 Å². The Bertz CT molecular complexity index is 744. The number of nitrogens with one attached hydrogen (secondary N) is 1. The molecule has 0 aliphatic heterocycles. The molecule has 0 radical (unpaired) electrons. The third-order valence-electron chi connectivity index (χ3n) is 4.03. The van der Waals surface area contributed by atoms with E-state index in [-0.39, 0.29) is 12.0 Å². The van der Waals surface area contributed by atoms with Gasteiger partial charge in [0.1, 0.15) is 5.60 Å². The molecule has 0 heterocycles. The zero-order chi connectivity index (χ0) is 17.2. The fourth-order valence-electron chi connectivity index (χ4n) is 3.04. The Morgan fingerprint density at radius 3 is 2.38 bits per heavy atom. The first-order valence-corrected chi connectivity index (χ1v) is 8.26. The molecule has 0 saturated heterocycles. The number of hydrogen-bond donors (Lipinski definition) is 1. The lowest BCUT2D eigenvalue weighted by molar-refractivity contribution is 0.0499. The van der Waals surface area contributed by atoms with Gasteiger partial charge in [-0.25, -0.2) is 4.79 Å². The van der Waals surface area contributed by atoms with E-state index in [4.69, 9.17) is 4.74 Å². The van der Waals surface area contributed by atoms with Crippen LogP contribution in [-0.4, -0.2) is 11.7 Å². The Morgan fingerprint density at radius 2 is 1.67 bits per heavy atom. The maximum Gasteiger partial charge on any atom is 0.408 e. The summed E-state index contributed by atoms with van der Waals surface area (Å²) in [5, 5.41) is 3.07. The predicted molar refractivity (Wildman–Crippen MR) is 96.8 cm³/mol. The molecule has 2 aromatic rings. The van der Waals surface area contributed by atoms with Crippen molar-refractivity contribution in [2.45, 2.75) is 38.3 Å². The standard InChI is InChI=1S/C21H23NO2/c1-21(2,3)24-20(23)22-19-17-12-8-7-11-16(17)13-14-18(19)15-9-5-4-6-10-15/h4-14,18-19H,1-3H3,(H,22,23). The van der Waals surface area contributed by atoms with Gasteiger partial charge < -0.3 is 10.1 Å². The monoisotopic (exact) mass is 321 g/mol. The molecule has 0 fully saturated rings. The minimum atomic E-state index is -0.518. The first-order chi connectivity index (χ1) is 11.4. The van der Waals surface area contributed by atoms with Crippen LogP contribution in [0.4, 0.5) is 4.79 Å². The van der Waals surface area contributed by atoms with Gasteiger partial charge >= 0.3 is 6.09 Å². The number of benzene rings is 2. The topological polar surface area (TPSA) is 38.3 Å². The Hall–Kier alpha value is -2.55. The van der Waals surface area contributed by atoms with Gasteiger partial charge in [0.05, 0.1) is 6.04 Å². The quantitative estimate of drug-likeness (QED) is 0.839. The minimum Gasteiger partial charge on any atom is -0.444 e. The molecule has 2 atom stereocenters. The minimum absolute atomic E-state index is 0.0774. The number of amides is 1. The lowest BCUT2D eigenvalue weighted by Crippen LogP contribution is -2.37. The summed E-state index contributed by atoms with van der Waals surface area (Å²) in [5.74, 6) is 0.0774. The maximum atomic E-state index is 12.4. The average molecular weight is 321 g/mol. The van der Waals surface area contributed by atoms with Crippen molar-refractivity contribution in [2.75, 3.05) is 0 Å². The SMILES string of the molecule is CC(C)(C)OC(=O)NC1c2ccccc2C=CC1c1ccccc1. The van der Waals surface area contributed by atoms with Crippen LogP contribution in [0, 0.1) is 0 Å². The summed E-state index contributed by atoms with van der Waals surface area (Å²) in [6, 6.07) is 18.2. The summed E-state index contributed by atoms with van der Waals surface area (Å²) in [4.78, 5) is 12.4. The number of hydrogen-bond acceptors (Lipinski definition) is 2. The molecule has 1 N–H and O–H groups in total. The first kappa shape index (κ1) is 16.3. The molecule has 3 nitrogen and oxygen atoms in total. The van der Waals surface area contributed by atoms with Gasteiger partial charge in [-0.05, 0) is 37.5 Å². The van der Waals surface area contributed by atoms with Crippen molar-refractivity contribution in [1.29, 1.82) is 0 Å². The zero-order valence-corrected chi connectivity index (χ0v) is 14.3. The van der Waals surface area contributed by atoms with Gasteiger partial charge in [0.25, 0.3) is 0 Å². The molecule has 0 aromatic heterocycles. The molecule has 2 unspecified atom stereocenters. The smallest absolute Gasteiger partial charge is 0.408 e. The van der Waals surface area contributed by atoms with E-state index < -0.39 is 11.7 Å². The molecule has 0 bridgehead atoms. The predicted octanol–water partition coefficient (Wildman–Crippen LogP) is 5.06. The third kappa shape index (κ3) is 3.67. The summed E-state index contributed by atoms with van der Waals surface area (Å²) >= 11 is 0. The number of ether oxygens (including phenoxy) is 1. The van der Waals surface area contributed by atoms with Crippen LogP contribution in [0.25, 0.3) is 6.08 Å². The molecular weight excluding hydrogens is 298 g/mol. The number of fused-ring (bicyclic) bond motifs is 1. The van der Waals surface area contributed by atoms with Gasteiger partial charge in [-0.3, -0.25) is 0 Å². The van der Waals surface area contributed by atoms with Gasteiger partial charge in [0.15, 0.2) is 0 Å². The second-order valence-electron chi connectivity index (χ2n) is 7.05. The summed E-state index contributed by atoms with van der Waals surface area (Å²) in [7, 11) is 0. The molecule has 24 heavy (non-hydrogen) atoms. The van der Waals surface area contributed by atoms with Gasteiger partial charge in [-0.15, -0.1) is 0 Å². The fraction of sp³-hybridized carbons (Fsp3) is 0.286. The number of rotatable bonds is 2. The van der Waals surface area contributed by atoms with Crippen molar-refractivity contribution in [2.24, 2.45) is 0 Å². The summed E-state index contributed by atoms with van der Waals surface area (Å²) < 4.78 is 5.47. The molecule has 3 heteroatoms. The van der Waals surface area contributed by atoms with Crippen LogP contribution in [0.15, 0.2) is 60.7 Å². The highest BCUT2D eigenvalue weighted by molar-refractivity contribution is 5.70. The van der Waals surface area contributed by atoms with E-state index >= 15 is 0 Å². The third-order valence-corrected chi connectivity index (χ3v) is 4.03. The molecule has 1 aliphatic rings. The van der Waals surface area contributed by atoms with Crippen LogP contribution >= 0.6 is 0 Å².